The van der Waals surface area contributed by atoms with Crippen LogP contribution in [0.25, 0.3) is 0 Å². The first-order valence-corrected chi connectivity index (χ1v) is 4.88. The van der Waals surface area contributed by atoms with Gasteiger partial charge in [-0.25, -0.2) is 0 Å². The van der Waals surface area contributed by atoms with Crippen molar-refractivity contribution in [3.05, 3.63) is 0 Å². The molecule has 0 saturated carbocycles. The van der Waals surface area contributed by atoms with Crippen molar-refractivity contribution in [1.82, 2.24) is 0 Å². The number of hydrogen-bond donors (Lipinski definition) is 2. The molecule has 0 aromatic carbocycles. The maximum absolute atomic E-state index is 8.64. The number of aliphatic hydroxyl groups excluding tert-OH is 1. The van der Waals surface area contributed by atoms with Gasteiger partial charge in [-0.3, -0.25) is 0 Å². The van der Waals surface area contributed by atoms with Crippen molar-refractivity contribution < 1.29 is 14.6 Å². The van der Waals surface area contributed by atoms with Gasteiger partial charge in [0.1, 0.15) is 0 Å². The predicted molar refractivity (Wildman–Crippen MR) is 49.5 cm³/mol. The molecule has 0 bridgehead atoms. The fraction of sp³-hybridized carbons (Fsp3) is 1.00. The lowest BCUT2D eigenvalue weighted by molar-refractivity contribution is -0.0444. The van der Waals surface area contributed by atoms with Gasteiger partial charge in [0.2, 0.25) is 0 Å². The molecule has 3 N–H and O–H groups in total. The van der Waals surface area contributed by atoms with Gasteiger partial charge in [-0.1, -0.05) is 0 Å². The van der Waals surface area contributed by atoms with E-state index in [1.54, 1.807) is 0 Å². The molecule has 0 aromatic rings. The van der Waals surface area contributed by atoms with Gasteiger partial charge in [0.05, 0.1) is 32.0 Å². The minimum atomic E-state index is -0.261. The second kappa shape index (κ2) is 6.32. The topological polar surface area (TPSA) is 64.7 Å². The van der Waals surface area contributed by atoms with E-state index in [-0.39, 0.29) is 18.8 Å². The number of ether oxygens (including phenoxy) is 2. The van der Waals surface area contributed by atoms with Crippen LogP contribution in [0.1, 0.15) is 19.3 Å². The van der Waals surface area contributed by atoms with Gasteiger partial charge >= 0.3 is 0 Å². The highest BCUT2D eigenvalue weighted by Gasteiger charge is 2.13. The Balaban J connectivity index is 1.98. The molecule has 4 heteroatoms. The largest absolute Gasteiger partial charge is 0.395 e. The van der Waals surface area contributed by atoms with Gasteiger partial charge in [-0.05, 0) is 19.3 Å². The number of aliphatic hydroxyl groups is 1. The van der Waals surface area contributed by atoms with E-state index in [9.17, 15) is 0 Å². The van der Waals surface area contributed by atoms with Crippen molar-refractivity contribution in [1.29, 1.82) is 0 Å². The molecule has 13 heavy (non-hydrogen) atoms. The molecule has 0 aromatic heterocycles. The molecule has 1 aliphatic rings. The van der Waals surface area contributed by atoms with Crippen molar-refractivity contribution in [2.45, 2.75) is 31.4 Å². The summed E-state index contributed by atoms with van der Waals surface area (Å²) in [6, 6.07) is -0.261. The SMILES string of the molecule is NC(CO)COCC1CCCCO1. The molecule has 1 rings (SSSR count). The van der Waals surface area contributed by atoms with E-state index in [0.717, 1.165) is 19.4 Å². The molecule has 78 valence electrons. The van der Waals surface area contributed by atoms with Crippen LogP contribution in [0.15, 0.2) is 0 Å². The summed E-state index contributed by atoms with van der Waals surface area (Å²) in [7, 11) is 0. The van der Waals surface area contributed by atoms with E-state index in [2.05, 4.69) is 0 Å². The van der Waals surface area contributed by atoms with Crippen molar-refractivity contribution >= 4 is 0 Å². The first-order valence-electron chi connectivity index (χ1n) is 4.88. The van der Waals surface area contributed by atoms with Crippen LogP contribution >= 0.6 is 0 Å². The second-order valence-corrected chi connectivity index (χ2v) is 3.47. The van der Waals surface area contributed by atoms with E-state index < -0.39 is 0 Å². The lowest BCUT2D eigenvalue weighted by atomic mass is 10.1. The lowest BCUT2D eigenvalue weighted by Gasteiger charge is -2.22. The van der Waals surface area contributed by atoms with E-state index in [4.69, 9.17) is 20.3 Å². The van der Waals surface area contributed by atoms with Gasteiger partial charge < -0.3 is 20.3 Å². The smallest absolute Gasteiger partial charge is 0.0808 e. The zero-order valence-corrected chi connectivity index (χ0v) is 7.95. The van der Waals surface area contributed by atoms with Gasteiger partial charge in [0.15, 0.2) is 0 Å². The summed E-state index contributed by atoms with van der Waals surface area (Å²) in [5, 5.41) is 8.64. The molecule has 0 amide bonds. The summed E-state index contributed by atoms with van der Waals surface area (Å²) >= 11 is 0. The summed E-state index contributed by atoms with van der Waals surface area (Å²) in [4.78, 5) is 0. The average molecular weight is 189 g/mol. The van der Waals surface area contributed by atoms with Gasteiger partial charge in [0, 0.05) is 6.61 Å². The number of nitrogens with two attached hydrogens (primary N) is 1. The second-order valence-electron chi connectivity index (χ2n) is 3.47. The van der Waals surface area contributed by atoms with Crippen LogP contribution in [-0.4, -0.2) is 43.7 Å². The summed E-state index contributed by atoms with van der Waals surface area (Å²) < 4.78 is 10.8. The summed E-state index contributed by atoms with van der Waals surface area (Å²) in [5.41, 5.74) is 5.47. The van der Waals surface area contributed by atoms with E-state index in [1.165, 1.54) is 6.42 Å². The fourth-order valence-corrected chi connectivity index (χ4v) is 1.34. The Morgan fingerprint density at radius 2 is 2.38 bits per heavy atom. The molecule has 1 fully saturated rings. The monoisotopic (exact) mass is 189 g/mol. The third kappa shape index (κ3) is 4.57. The zero-order chi connectivity index (χ0) is 9.52. The Morgan fingerprint density at radius 3 is 3.00 bits per heavy atom. The molecule has 0 aliphatic carbocycles. The van der Waals surface area contributed by atoms with Crippen LogP contribution in [0.5, 0.6) is 0 Å². The minimum Gasteiger partial charge on any atom is -0.395 e. The maximum atomic E-state index is 8.64. The molecule has 0 radical (unpaired) electrons. The molecule has 0 spiro atoms. The van der Waals surface area contributed by atoms with Crippen LogP contribution in [0.4, 0.5) is 0 Å². The van der Waals surface area contributed by atoms with Crippen LogP contribution in [0, 0.1) is 0 Å². The minimum absolute atomic E-state index is 0.0223. The van der Waals surface area contributed by atoms with Crippen LogP contribution < -0.4 is 5.73 Å². The molecule has 2 unspecified atom stereocenters. The Kier molecular flexibility index (Phi) is 5.31. The summed E-state index contributed by atoms with van der Waals surface area (Å²) in [6.45, 7) is 1.84. The van der Waals surface area contributed by atoms with E-state index >= 15 is 0 Å². The third-order valence-corrected chi connectivity index (χ3v) is 2.14. The Hall–Kier alpha value is -0.160. The van der Waals surface area contributed by atoms with Crippen LogP contribution in [-0.2, 0) is 9.47 Å². The molecular formula is C9H19NO3. The van der Waals surface area contributed by atoms with E-state index in [1.807, 2.05) is 0 Å². The first kappa shape index (κ1) is 10.9. The van der Waals surface area contributed by atoms with Crippen molar-refractivity contribution in [2.24, 2.45) is 5.73 Å². The lowest BCUT2D eigenvalue weighted by Crippen LogP contribution is -2.32. The summed E-state index contributed by atoms with van der Waals surface area (Å²) in [5.74, 6) is 0. The molecule has 1 heterocycles. The van der Waals surface area contributed by atoms with Crippen molar-refractivity contribution in [2.75, 3.05) is 26.4 Å². The molecule has 1 saturated heterocycles. The van der Waals surface area contributed by atoms with Crippen LogP contribution in [0.2, 0.25) is 0 Å². The maximum Gasteiger partial charge on any atom is 0.0808 e. The van der Waals surface area contributed by atoms with Gasteiger partial charge in [-0.2, -0.15) is 0 Å². The fourth-order valence-electron chi connectivity index (χ4n) is 1.34. The van der Waals surface area contributed by atoms with Crippen molar-refractivity contribution in [3.8, 4) is 0 Å². The van der Waals surface area contributed by atoms with Gasteiger partial charge in [0.25, 0.3) is 0 Å². The number of rotatable bonds is 5. The first-order chi connectivity index (χ1) is 6.33. The van der Waals surface area contributed by atoms with E-state index in [0.29, 0.717) is 13.2 Å². The zero-order valence-electron chi connectivity index (χ0n) is 7.95. The highest BCUT2D eigenvalue weighted by molar-refractivity contribution is 4.63. The molecule has 4 nitrogen and oxygen atoms in total. The predicted octanol–water partition coefficient (Wildman–Crippen LogP) is -0.108. The molecule has 2 atom stereocenters. The number of hydrogen-bond acceptors (Lipinski definition) is 4. The standard InChI is InChI=1S/C9H19NO3/c10-8(5-11)6-12-7-9-3-1-2-4-13-9/h8-9,11H,1-7,10H2. The highest BCUT2D eigenvalue weighted by atomic mass is 16.5. The van der Waals surface area contributed by atoms with Crippen molar-refractivity contribution in [3.63, 3.8) is 0 Å². The normalized spacial score (nSPS) is 25.8. The molecule has 1 aliphatic heterocycles. The highest BCUT2D eigenvalue weighted by Crippen LogP contribution is 2.12. The average Bonchev–Trinajstić information content (AvgIpc) is 2.19. The molecular weight excluding hydrogens is 170 g/mol. The van der Waals surface area contributed by atoms with Gasteiger partial charge in [-0.15, -0.1) is 0 Å². The third-order valence-electron chi connectivity index (χ3n) is 2.14. The Bertz CT molecular complexity index is 126. The van der Waals surface area contributed by atoms with Crippen LogP contribution in [0.3, 0.4) is 0 Å². The summed E-state index contributed by atoms with van der Waals surface area (Å²) in [6.07, 6.45) is 3.70. The Morgan fingerprint density at radius 1 is 1.54 bits per heavy atom. The Labute approximate surface area is 79.0 Å². The quantitative estimate of drug-likeness (QED) is 0.633.